The van der Waals surface area contributed by atoms with Gasteiger partial charge in [-0.05, 0) is 35.1 Å². The van der Waals surface area contributed by atoms with Gasteiger partial charge in [0.15, 0.2) is 0 Å². The SMILES string of the molecule is NC1c2ccccc2CC1OCCCCCCCCCCCCOC1Cc2ccccc2C1N. The molecule has 34 heavy (non-hydrogen) atoms. The van der Waals surface area contributed by atoms with Crippen LogP contribution in [0.5, 0.6) is 0 Å². The highest BCUT2D eigenvalue weighted by atomic mass is 16.5. The lowest BCUT2D eigenvalue weighted by Crippen LogP contribution is -2.25. The Bertz CT molecular complexity index is 799. The molecule has 4 rings (SSSR count). The summed E-state index contributed by atoms with van der Waals surface area (Å²) in [4.78, 5) is 0. The highest BCUT2D eigenvalue weighted by Gasteiger charge is 2.30. The van der Waals surface area contributed by atoms with Gasteiger partial charge in [0.05, 0.1) is 24.3 Å². The molecular weight excluding hydrogens is 420 g/mol. The maximum atomic E-state index is 6.35. The average molecular weight is 465 g/mol. The first kappa shape index (κ1) is 25.4. The molecule has 0 radical (unpaired) electrons. The molecule has 0 fully saturated rings. The van der Waals surface area contributed by atoms with Gasteiger partial charge in [0, 0.05) is 26.1 Å². The van der Waals surface area contributed by atoms with Crippen molar-refractivity contribution in [2.75, 3.05) is 13.2 Å². The maximum absolute atomic E-state index is 6.35. The van der Waals surface area contributed by atoms with Gasteiger partial charge < -0.3 is 20.9 Å². The smallest absolute Gasteiger partial charge is 0.0808 e. The van der Waals surface area contributed by atoms with Crippen molar-refractivity contribution >= 4 is 0 Å². The van der Waals surface area contributed by atoms with Crippen LogP contribution in [0, 0.1) is 0 Å². The van der Waals surface area contributed by atoms with Gasteiger partial charge in [-0.1, -0.05) is 99.9 Å². The lowest BCUT2D eigenvalue weighted by atomic mass is 10.1. The van der Waals surface area contributed by atoms with Crippen LogP contribution in [-0.4, -0.2) is 25.4 Å². The number of unbranched alkanes of at least 4 members (excludes halogenated alkanes) is 9. The van der Waals surface area contributed by atoms with Crippen molar-refractivity contribution in [3.63, 3.8) is 0 Å². The Balaban J connectivity index is 0.916. The van der Waals surface area contributed by atoms with Gasteiger partial charge in [-0.15, -0.1) is 0 Å². The van der Waals surface area contributed by atoms with Crippen molar-refractivity contribution in [1.29, 1.82) is 0 Å². The first-order chi connectivity index (χ1) is 16.7. The number of hydrogen-bond acceptors (Lipinski definition) is 4. The van der Waals surface area contributed by atoms with E-state index in [1.54, 1.807) is 0 Å². The number of fused-ring (bicyclic) bond motifs is 2. The van der Waals surface area contributed by atoms with E-state index in [4.69, 9.17) is 20.9 Å². The monoisotopic (exact) mass is 464 g/mol. The number of hydrogen-bond donors (Lipinski definition) is 2. The third-order valence-corrected chi connectivity index (χ3v) is 7.67. The Labute approximate surface area is 206 Å². The van der Waals surface area contributed by atoms with Crippen molar-refractivity contribution in [1.82, 2.24) is 0 Å². The summed E-state index contributed by atoms with van der Waals surface area (Å²) in [6, 6.07) is 17.1. The van der Waals surface area contributed by atoms with Gasteiger partial charge in [0.1, 0.15) is 0 Å². The molecule has 0 aliphatic heterocycles. The minimum absolute atomic E-state index is 0.0418. The lowest BCUT2D eigenvalue weighted by Gasteiger charge is -2.17. The molecule has 4 nitrogen and oxygen atoms in total. The van der Waals surface area contributed by atoms with Crippen LogP contribution in [0.25, 0.3) is 0 Å². The first-order valence-corrected chi connectivity index (χ1v) is 13.6. The molecule has 2 aromatic rings. The van der Waals surface area contributed by atoms with E-state index in [-0.39, 0.29) is 24.3 Å². The molecule has 0 heterocycles. The molecular formula is C30H44N2O2. The normalized spacial score (nSPS) is 23.2. The molecule has 0 aromatic heterocycles. The fraction of sp³-hybridized carbons (Fsp3) is 0.600. The van der Waals surface area contributed by atoms with E-state index >= 15 is 0 Å². The van der Waals surface area contributed by atoms with Crippen molar-refractivity contribution < 1.29 is 9.47 Å². The zero-order chi connectivity index (χ0) is 23.6. The van der Waals surface area contributed by atoms with E-state index in [1.165, 1.54) is 73.6 Å². The molecule has 4 atom stereocenters. The van der Waals surface area contributed by atoms with Crippen LogP contribution in [0.15, 0.2) is 48.5 Å². The van der Waals surface area contributed by atoms with Crippen LogP contribution in [0.2, 0.25) is 0 Å². The van der Waals surface area contributed by atoms with E-state index in [9.17, 15) is 0 Å². The van der Waals surface area contributed by atoms with Crippen molar-refractivity contribution in [2.45, 2.75) is 101 Å². The molecule has 4 heteroatoms. The molecule has 2 aliphatic rings. The van der Waals surface area contributed by atoms with Crippen LogP contribution >= 0.6 is 0 Å². The van der Waals surface area contributed by atoms with Gasteiger partial charge in [0.2, 0.25) is 0 Å². The van der Waals surface area contributed by atoms with E-state index in [0.717, 1.165) is 38.9 Å². The molecule has 0 saturated heterocycles. The summed E-state index contributed by atoms with van der Waals surface area (Å²) < 4.78 is 12.2. The molecule has 0 spiro atoms. The predicted molar refractivity (Wildman–Crippen MR) is 140 cm³/mol. The van der Waals surface area contributed by atoms with Crippen LogP contribution < -0.4 is 11.5 Å². The van der Waals surface area contributed by atoms with Crippen LogP contribution in [-0.2, 0) is 22.3 Å². The number of ether oxygens (including phenoxy) is 2. The van der Waals surface area contributed by atoms with Crippen LogP contribution in [0.1, 0.15) is 98.5 Å². The van der Waals surface area contributed by atoms with Gasteiger partial charge in [0.25, 0.3) is 0 Å². The lowest BCUT2D eigenvalue weighted by molar-refractivity contribution is 0.0409. The quantitative estimate of drug-likeness (QED) is 0.309. The molecule has 186 valence electrons. The second-order valence-electron chi connectivity index (χ2n) is 10.2. The Morgan fingerprint density at radius 1 is 0.529 bits per heavy atom. The minimum Gasteiger partial charge on any atom is -0.376 e. The highest BCUT2D eigenvalue weighted by molar-refractivity contribution is 5.37. The summed E-state index contributed by atoms with van der Waals surface area (Å²) in [6.07, 6.45) is 15.1. The van der Waals surface area contributed by atoms with Crippen molar-refractivity contribution in [3.05, 3.63) is 70.8 Å². The van der Waals surface area contributed by atoms with E-state index in [1.807, 2.05) is 0 Å². The number of nitrogens with two attached hydrogens (primary N) is 2. The molecule has 4 unspecified atom stereocenters. The van der Waals surface area contributed by atoms with E-state index in [2.05, 4.69) is 48.5 Å². The summed E-state index contributed by atoms with van der Waals surface area (Å²) in [6.45, 7) is 1.68. The summed E-state index contributed by atoms with van der Waals surface area (Å²) in [5, 5.41) is 0. The Hall–Kier alpha value is -1.72. The third-order valence-electron chi connectivity index (χ3n) is 7.67. The highest BCUT2D eigenvalue weighted by Crippen LogP contribution is 2.32. The largest absolute Gasteiger partial charge is 0.376 e. The molecule has 4 N–H and O–H groups in total. The third kappa shape index (κ3) is 6.91. The predicted octanol–water partition coefficient (Wildman–Crippen LogP) is 6.17. The second-order valence-corrected chi connectivity index (χ2v) is 10.2. The Morgan fingerprint density at radius 2 is 0.882 bits per heavy atom. The van der Waals surface area contributed by atoms with E-state index < -0.39 is 0 Å². The topological polar surface area (TPSA) is 70.5 Å². The Kier molecular flexibility index (Phi) is 9.99. The van der Waals surface area contributed by atoms with E-state index in [0.29, 0.717) is 0 Å². The molecule has 0 saturated carbocycles. The second kappa shape index (κ2) is 13.4. The first-order valence-electron chi connectivity index (χ1n) is 13.6. The summed E-state index contributed by atoms with van der Waals surface area (Å²) in [7, 11) is 0. The van der Waals surface area contributed by atoms with Gasteiger partial charge >= 0.3 is 0 Å². The zero-order valence-corrected chi connectivity index (χ0v) is 20.8. The van der Waals surface area contributed by atoms with Gasteiger partial charge in [-0.3, -0.25) is 0 Å². The van der Waals surface area contributed by atoms with Gasteiger partial charge in [-0.25, -0.2) is 0 Å². The minimum atomic E-state index is 0.0418. The van der Waals surface area contributed by atoms with Gasteiger partial charge in [-0.2, -0.15) is 0 Å². The summed E-state index contributed by atoms with van der Waals surface area (Å²) in [5.41, 5.74) is 18.0. The fourth-order valence-electron chi connectivity index (χ4n) is 5.59. The molecule has 0 bridgehead atoms. The summed E-state index contributed by atoms with van der Waals surface area (Å²) >= 11 is 0. The summed E-state index contributed by atoms with van der Waals surface area (Å²) in [5.74, 6) is 0. The van der Waals surface area contributed by atoms with Crippen molar-refractivity contribution in [2.24, 2.45) is 11.5 Å². The number of rotatable bonds is 15. The fourth-order valence-corrected chi connectivity index (χ4v) is 5.59. The van der Waals surface area contributed by atoms with Crippen LogP contribution in [0.3, 0.4) is 0 Å². The standard InChI is InChI=1S/C30H44N2O2/c31-29-25-17-11-9-15-23(25)21-27(29)33-19-13-7-5-3-1-2-4-6-8-14-20-34-28-22-24-16-10-12-18-26(24)30(28)32/h9-12,15-18,27-30H,1-8,13-14,19-22,31-32H2. The maximum Gasteiger partial charge on any atom is 0.0808 e. The molecule has 0 amide bonds. The van der Waals surface area contributed by atoms with Crippen LogP contribution in [0.4, 0.5) is 0 Å². The molecule has 2 aromatic carbocycles. The molecule has 2 aliphatic carbocycles. The van der Waals surface area contributed by atoms with Crippen molar-refractivity contribution in [3.8, 4) is 0 Å². The Morgan fingerprint density at radius 3 is 1.26 bits per heavy atom. The number of benzene rings is 2. The average Bonchev–Trinajstić information content (AvgIpc) is 3.36. The zero-order valence-electron chi connectivity index (χ0n) is 20.8.